The lowest BCUT2D eigenvalue weighted by atomic mass is 10.1. The van der Waals surface area contributed by atoms with Gasteiger partial charge in [-0.15, -0.1) is 6.58 Å². The van der Waals surface area contributed by atoms with E-state index < -0.39 is 0 Å². The molecule has 0 saturated carbocycles. The highest BCUT2D eigenvalue weighted by molar-refractivity contribution is 5.78. The number of aliphatic hydroxyl groups excluding tert-OH is 1. The molecule has 0 unspecified atom stereocenters. The summed E-state index contributed by atoms with van der Waals surface area (Å²) >= 11 is 0. The van der Waals surface area contributed by atoms with Crippen molar-refractivity contribution in [2.24, 2.45) is 0 Å². The zero-order valence-electron chi connectivity index (χ0n) is 9.21. The third-order valence-electron chi connectivity index (χ3n) is 2.24. The van der Waals surface area contributed by atoms with Gasteiger partial charge in [-0.3, -0.25) is 9.69 Å². The van der Waals surface area contributed by atoms with Crippen LogP contribution in [0.3, 0.4) is 0 Å². The normalized spacial score (nSPS) is 11.5. The van der Waals surface area contributed by atoms with Gasteiger partial charge in [0, 0.05) is 12.1 Å². The Labute approximate surface area is 85.6 Å². The number of hydrogen-bond acceptors (Lipinski definition) is 3. The van der Waals surface area contributed by atoms with Gasteiger partial charge in [0.2, 0.25) is 5.91 Å². The van der Waals surface area contributed by atoms with Crippen molar-refractivity contribution >= 4 is 5.91 Å². The minimum Gasteiger partial charge on any atom is -0.394 e. The van der Waals surface area contributed by atoms with E-state index in [1.54, 1.807) is 6.08 Å². The Hall–Kier alpha value is -0.870. The Kier molecular flexibility index (Phi) is 5.42. The number of hydrogen-bond donors (Lipinski definition) is 2. The van der Waals surface area contributed by atoms with E-state index in [9.17, 15) is 4.79 Å². The van der Waals surface area contributed by atoms with Crippen molar-refractivity contribution in [3.05, 3.63) is 12.7 Å². The second-order valence-electron chi connectivity index (χ2n) is 3.92. The molecule has 0 aromatic rings. The number of nitrogens with one attached hydrogen (secondary N) is 1. The van der Waals surface area contributed by atoms with E-state index in [1.807, 2.05) is 25.8 Å². The molecular weight excluding hydrogens is 180 g/mol. The highest BCUT2D eigenvalue weighted by Crippen LogP contribution is 2.09. The molecule has 0 aromatic heterocycles. The zero-order chi connectivity index (χ0) is 11.2. The third-order valence-corrected chi connectivity index (χ3v) is 2.24. The molecule has 0 radical (unpaired) electrons. The van der Waals surface area contributed by atoms with Crippen molar-refractivity contribution < 1.29 is 9.90 Å². The van der Waals surface area contributed by atoms with E-state index in [0.717, 1.165) is 0 Å². The maximum absolute atomic E-state index is 11.3. The van der Waals surface area contributed by atoms with Gasteiger partial charge in [0.1, 0.15) is 0 Å². The van der Waals surface area contributed by atoms with Gasteiger partial charge in [-0.1, -0.05) is 6.08 Å². The molecule has 82 valence electrons. The van der Waals surface area contributed by atoms with Crippen LogP contribution < -0.4 is 5.32 Å². The van der Waals surface area contributed by atoms with Crippen LogP contribution in [0, 0.1) is 0 Å². The zero-order valence-corrected chi connectivity index (χ0v) is 9.21. The molecule has 0 bridgehead atoms. The van der Waals surface area contributed by atoms with Gasteiger partial charge in [0.05, 0.1) is 13.2 Å². The molecule has 0 saturated heterocycles. The molecule has 0 aliphatic heterocycles. The van der Waals surface area contributed by atoms with Crippen molar-refractivity contribution in [2.45, 2.75) is 19.4 Å². The van der Waals surface area contributed by atoms with Crippen molar-refractivity contribution in [1.82, 2.24) is 10.2 Å². The number of nitrogens with zero attached hydrogens (tertiary/aromatic N) is 1. The van der Waals surface area contributed by atoms with Crippen LogP contribution in [0.1, 0.15) is 13.8 Å². The summed E-state index contributed by atoms with van der Waals surface area (Å²) in [5, 5.41) is 11.7. The third kappa shape index (κ3) is 4.39. The van der Waals surface area contributed by atoms with E-state index in [1.165, 1.54) is 0 Å². The molecule has 1 amide bonds. The van der Waals surface area contributed by atoms with Gasteiger partial charge in [-0.25, -0.2) is 0 Å². The van der Waals surface area contributed by atoms with E-state index in [2.05, 4.69) is 11.9 Å². The molecular formula is C10H20N2O2. The van der Waals surface area contributed by atoms with Crippen LogP contribution in [0.5, 0.6) is 0 Å². The quantitative estimate of drug-likeness (QED) is 0.593. The molecule has 2 N–H and O–H groups in total. The van der Waals surface area contributed by atoms with Crippen LogP contribution in [0.4, 0.5) is 0 Å². The molecule has 14 heavy (non-hydrogen) atoms. The lowest BCUT2D eigenvalue weighted by Gasteiger charge is -2.33. The summed E-state index contributed by atoms with van der Waals surface area (Å²) in [6.45, 7) is 8.06. The van der Waals surface area contributed by atoms with Crippen molar-refractivity contribution in [3.63, 3.8) is 0 Å². The molecule has 0 rings (SSSR count). The first-order chi connectivity index (χ1) is 6.44. The van der Waals surface area contributed by atoms with Crippen LogP contribution in [-0.2, 0) is 4.79 Å². The Bertz CT molecular complexity index is 202. The summed E-state index contributed by atoms with van der Waals surface area (Å²) in [6.07, 6.45) is 1.63. The number of amides is 1. The fraction of sp³-hybridized carbons (Fsp3) is 0.700. The minimum atomic E-state index is -0.370. The summed E-state index contributed by atoms with van der Waals surface area (Å²) in [7, 11) is 1.81. The highest BCUT2D eigenvalue weighted by atomic mass is 16.3. The Morgan fingerprint density at radius 3 is 2.64 bits per heavy atom. The summed E-state index contributed by atoms with van der Waals surface area (Å²) in [4.78, 5) is 13.1. The van der Waals surface area contributed by atoms with Gasteiger partial charge in [0.25, 0.3) is 0 Å². The van der Waals surface area contributed by atoms with E-state index in [-0.39, 0.29) is 24.6 Å². The van der Waals surface area contributed by atoms with Crippen LogP contribution in [0.15, 0.2) is 12.7 Å². The van der Waals surface area contributed by atoms with Crippen molar-refractivity contribution in [2.75, 3.05) is 26.7 Å². The second-order valence-corrected chi connectivity index (χ2v) is 3.92. The van der Waals surface area contributed by atoms with Crippen LogP contribution in [0.2, 0.25) is 0 Å². The molecule has 0 fully saturated rings. The number of carbonyl (C=O) groups is 1. The molecule has 0 heterocycles. The van der Waals surface area contributed by atoms with Gasteiger partial charge in [-0.05, 0) is 20.9 Å². The standard InChI is InChI=1S/C10H20N2O2/c1-5-6-11-9(14)7-12(4)10(2,3)8-13/h5,13H,1,6-8H2,2-4H3,(H,11,14). The lowest BCUT2D eigenvalue weighted by molar-refractivity contribution is -0.123. The molecule has 4 nitrogen and oxygen atoms in total. The monoisotopic (exact) mass is 200 g/mol. The first kappa shape index (κ1) is 13.1. The van der Waals surface area contributed by atoms with Gasteiger partial charge >= 0.3 is 0 Å². The van der Waals surface area contributed by atoms with E-state index in [4.69, 9.17) is 5.11 Å². The Balaban J connectivity index is 3.98. The molecule has 0 spiro atoms. The van der Waals surface area contributed by atoms with Gasteiger partial charge < -0.3 is 10.4 Å². The Morgan fingerprint density at radius 2 is 2.21 bits per heavy atom. The number of aliphatic hydroxyl groups is 1. The molecule has 0 atom stereocenters. The predicted octanol–water partition coefficient (Wildman–Crippen LogP) is -0.00870. The summed E-state index contributed by atoms with van der Waals surface area (Å²) in [5.74, 6) is -0.0612. The van der Waals surface area contributed by atoms with E-state index >= 15 is 0 Å². The van der Waals surface area contributed by atoms with Crippen molar-refractivity contribution in [1.29, 1.82) is 0 Å². The number of rotatable bonds is 6. The summed E-state index contributed by atoms with van der Waals surface area (Å²) in [6, 6.07) is 0. The van der Waals surface area contributed by atoms with Crippen LogP contribution >= 0.6 is 0 Å². The predicted molar refractivity (Wildman–Crippen MR) is 57.0 cm³/mol. The van der Waals surface area contributed by atoms with Crippen LogP contribution in [-0.4, -0.2) is 48.2 Å². The fourth-order valence-corrected chi connectivity index (χ4v) is 0.792. The molecule has 4 heteroatoms. The molecule has 0 aliphatic carbocycles. The maximum atomic E-state index is 11.3. The SMILES string of the molecule is C=CCNC(=O)CN(C)C(C)(C)CO. The van der Waals surface area contributed by atoms with Crippen LogP contribution in [0.25, 0.3) is 0 Å². The number of likely N-dealkylation sites (N-methyl/N-ethyl adjacent to an activating group) is 1. The fourth-order valence-electron chi connectivity index (χ4n) is 0.792. The van der Waals surface area contributed by atoms with Gasteiger partial charge in [0.15, 0.2) is 0 Å². The topological polar surface area (TPSA) is 52.6 Å². The number of carbonyl (C=O) groups excluding carboxylic acids is 1. The summed E-state index contributed by atoms with van der Waals surface area (Å²) < 4.78 is 0. The first-order valence-corrected chi connectivity index (χ1v) is 4.63. The van der Waals surface area contributed by atoms with Gasteiger partial charge in [-0.2, -0.15) is 0 Å². The average molecular weight is 200 g/mol. The van der Waals surface area contributed by atoms with E-state index in [0.29, 0.717) is 6.54 Å². The lowest BCUT2D eigenvalue weighted by Crippen LogP contribution is -2.48. The highest BCUT2D eigenvalue weighted by Gasteiger charge is 2.23. The molecule has 0 aliphatic rings. The Morgan fingerprint density at radius 1 is 1.64 bits per heavy atom. The minimum absolute atomic E-state index is 0.0260. The largest absolute Gasteiger partial charge is 0.394 e. The smallest absolute Gasteiger partial charge is 0.234 e. The second kappa shape index (κ2) is 5.78. The first-order valence-electron chi connectivity index (χ1n) is 4.63. The average Bonchev–Trinajstić information content (AvgIpc) is 2.14. The summed E-state index contributed by atoms with van der Waals surface area (Å²) in [5.41, 5.74) is -0.370. The molecule has 0 aromatic carbocycles. The maximum Gasteiger partial charge on any atom is 0.234 e. The van der Waals surface area contributed by atoms with Crippen molar-refractivity contribution in [3.8, 4) is 0 Å².